The van der Waals surface area contributed by atoms with E-state index in [-0.39, 0.29) is 12.1 Å². The summed E-state index contributed by atoms with van der Waals surface area (Å²) < 4.78 is 5.10. The van der Waals surface area contributed by atoms with E-state index in [4.69, 9.17) is 4.74 Å². The van der Waals surface area contributed by atoms with Crippen molar-refractivity contribution in [1.29, 1.82) is 0 Å². The Kier molecular flexibility index (Phi) is 4.69. The Hall–Kier alpha value is -2.56. The van der Waals surface area contributed by atoms with Gasteiger partial charge in [-0.3, -0.25) is 0 Å². The third-order valence-corrected chi connectivity index (χ3v) is 4.62. The van der Waals surface area contributed by atoms with Crippen LogP contribution in [0.15, 0.2) is 42.5 Å². The largest absolute Gasteiger partial charge is 0.481 e. The van der Waals surface area contributed by atoms with E-state index in [2.05, 4.69) is 41.5 Å². The summed E-state index contributed by atoms with van der Waals surface area (Å²) in [6.45, 7) is 4.69. The highest BCUT2D eigenvalue weighted by molar-refractivity contribution is 5.90. The molecule has 2 heterocycles. The van der Waals surface area contributed by atoms with Crippen LogP contribution in [0.2, 0.25) is 0 Å². The second-order valence-corrected chi connectivity index (χ2v) is 6.26. The van der Waals surface area contributed by atoms with Crippen molar-refractivity contribution in [3.05, 3.63) is 53.7 Å². The van der Waals surface area contributed by atoms with Gasteiger partial charge in [-0.15, -0.1) is 0 Å². The lowest BCUT2D eigenvalue weighted by atomic mass is 9.97. The number of urea groups is 1. The molecule has 1 aromatic heterocycles. The van der Waals surface area contributed by atoms with Crippen LogP contribution in [0.4, 0.5) is 10.5 Å². The molecule has 5 heteroatoms. The highest BCUT2D eigenvalue weighted by atomic mass is 16.5. The average molecular weight is 325 g/mol. The number of hydrogen-bond donors (Lipinski definition) is 1. The molecule has 24 heavy (non-hydrogen) atoms. The van der Waals surface area contributed by atoms with Gasteiger partial charge in [0, 0.05) is 24.6 Å². The Bertz CT molecular complexity index is 718. The molecule has 2 unspecified atom stereocenters. The lowest BCUT2D eigenvalue weighted by molar-refractivity contribution is 0.209. The number of aromatic nitrogens is 1. The molecule has 1 aromatic carbocycles. The van der Waals surface area contributed by atoms with E-state index < -0.39 is 0 Å². The second-order valence-electron chi connectivity index (χ2n) is 6.26. The molecule has 0 bridgehead atoms. The van der Waals surface area contributed by atoms with Gasteiger partial charge in [-0.2, -0.15) is 0 Å². The van der Waals surface area contributed by atoms with Crippen LogP contribution in [0.3, 0.4) is 0 Å². The number of pyridine rings is 1. The molecule has 0 aliphatic carbocycles. The van der Waals surface area contributed by atoms with Gasteiger partial charge in [-0.05, 0) is 31.9 Å². The molecule has 1 N–H and O–H groups in total. The molecule has 5 nitrogen and oxygen atoms in total. The number of amides is 2. The summed E-state index contributed by atoms with van der Waals surface area (Å²) >= 11 is 0. The van der Waals surface area contributed by atoms with Crippen molar-refractivity contribution < 1.29 is 9.53 Å². The molecule has 3 rings (SSSR count). The maximum absolute atomic E-state index is 12.7. The van der Waals surface area contributed by atoms with E-state index in [0.717, 1.165) is 24.3 Å². The standard InChI is InChI=1S/C19H23N3O2/c1-13-11-16(15-7-5-4-6-8-15)12-22(13)19(23)21-17-9-10-18(24-3)20-14(17)2/h4-10,13,16H,11-12H2,1-3H3,(H,21,23). The molecular weight excluding hydrogens is 302 g/mol. The van der Waals surface area contributed by atoms with Gasteiger partial charge < -0.3 is 15.0 Å². The van der Waals surface area contributed by atoms with Crippen LogP contribution in [0.5, 0.6) is 5.88 Å². The van der Waals surface area contributed by atoms with Crippen LogP contribution >= 0.6 is 0 Å². The average Bonchev–Trinajstić information content (AvgIpc) is 2.99. The minimum Gasteiger partial charge on any atom is -0.481 e. The van der Waals surface area contributed by atoms with E-state index in [1.807, 2.05) is 24.0 Å². The third kappa shape index (κ3) is 3.35. The number of hydrogen-bond acceptors (Lipinski definition) is 3. The number of anilines is 1. The van der Waals surface area contributed by atoms with Gasteiger partial charge in [0.25, 0.3) is 0 Å². The number of ether oxygens (including phenoxy) is 1. The van der Waals surface area contributed by atoms with E-state index in [1.54, 1.807) is 13.2 Å². The number of benzene rings is 1. The van der Waals surface area contributed by atoms with Gasteiger partial charge >= 0.3 is 6.03 Å². The SMILES string of the molecule is COc1ccc(NC(=O)N2CC(c3ccccc3)CC2C)c(C)n1. The van der Waals surface area contributed by atoms with Crippen molar-refractivity contribution in [2.45, 2.75) is 32.2 Å². The van der Waals surface area contributed by atoms with Crippen LogP contribution in [0, 0.1) is 6.92 Å². The molecule has 126 valence electrons. The van der Waals surface area contributed by atoms with Gasteiger partial charge in [-0.1, -0.05) is 30.3 Å². The van der Waals surface area contributed by atoms with E-state index in [1.165, 1.54) is 5.56 Å². The first-order chi connectivity index (χ1) is 11.6. The molecule has 0 spiro atoms. The predicted molar refractivity (Wildman–Crippen MR) is 94.5 cm³/mol. The number of carbonyl (C=O) groups excluding carboxylic acids is 1. The second kappa shape index (κ2) is 6.91. The molecule has 1 saturated heterocycles. The molecule has 1 aliphatic rings. The molecule has 1 fully saturated rings. The summed E-state index contributed by atoms with van der Waals surface area (Å²) in [6, 6.07) is 14.1. The molecule has 1 aliphatic heterocycles. The zero-order valence-electron chi connectivity index (χ0n) is 14.3. The number of carbonyl (C=O) groups is 1. The highest BCUT2D eigenvalue weighted by Crippen LogP contribution is 2.32. The Morgan fingerprint density at radius 2 is 2.00 bits per heavy atom. The number of nitrogens with zero attached hydrogens (tertiary/aromatic N) is 2. The molecule has 0 radical (unpaired) electrons. The zero-order chi connectivity index (χ0) is 17.1. The van der Waals surface area contributed by atoms with Crippen molar-refractivity contribution in [3.63, 3.8) is 0 Å². The number of rotatable bonds is 3. The molecule has 2 amide bonds. The minimum absolute atomic E-state index is 0.0732. The third-order valence-electron chi connectivity index (χ3n) is 4.62. The smallest absolute Gasteiger partial charge is 0.322 e. The van der Waals surface area contributed by atoms with Gasteiger partial charge in [0.05, 0.1) is 18.5 Å². The maximum atomic E-state index is 12.7. The van der Waals surface area contributed by atoms with Crippen molar-refractivity contribution >= 4 is 11.7 Å². The van der Waals surface area contributed by atoms with Crippen LogP contribution < -0.4 is 10.1 Å². The molecule has 0 saturated carbocycles. The van der Waals surface area contributed by atoms with Crippen LogP contribution in [0.1, 0.15) is 30.5 Å². The lowest BCUT2D eigenvalue weighted by Crippen LogP contribution is -2.37. The molecular formula is C19H23N3O2. The fraction of sp³-hybridized carbons (Fsp3) is 0.368. The van der Waals surface area contributed by atoms with Gasteiger partial charge in [0.1, 0.15) is 0 Å². The van der Waals surface area contributed by atoms with E-state index >= 15 is 0 Å². The summed E-state index contributed by atoms with van der Waals surface area (Å²) in [4.78, 5) is 18.9. The summed E-state index contributed by atoms with van der Waals surface area (Å²) in [7, 11) is 1.58. The monoisotopic (exact) mass is 325 g/mol. The fourth-order valence-corrected chi connectivity index (χ4v) is 3.25. The lowest BCUT2D eigenvalue weighted by Gasteiger charge is -2.22. The number of methoxy groups -OCH3 is 1. The first-order valence-corrected chi connectivity index (χ1v) is 8.22. The first-order valence-electron chi connectivity index (χ1n) is 8.22. The normalized spacial score (nSPS) is 20.0. The Labute approximate surface area is 142 Å². The van der Waals surface area contributed by atoms with Crippen LogP contribution in [-0.2, 0) is 0 Å². The maximum Gasteiger partial charge on any atom is 0.322 e. The summed E-state index contributed by atoms with van der Waals surface area (Å²) in [6.07, 6.45) is 0.983. The molecule has 2 aromatic rings. The minimum atomic E-state index is -0.0732. The van der Waals surface area contributed by atoms with Crippen molar-refractivity contribution in [3.8, 4) is 5.88 Å². The van der Waals surface area contributed by atoms with Gasteiger partial charge in [0.15, 0.2) is 0 Å². The van der Waals surface area contributed by atoms with E-state index in [9.17, 15) is 4.79 Å². The highest BCUT2D eigenvalue weighted by Gasteiger charge is 2.33. The molecule has 2 atom stereocenters. The van der Waals surface area contributed by atoms with Crippen molar-refractivity contribution in [2.75, 3.05) is 19.0 Å². The number of nitrogens with one attached hydrogen (secondary N) is 1. The van der Waals surface area contributed by atoms with E-state index in [0.29, 0.717) is 11.8 Å². The first kappa shape index (κ1) is 16.3. The predicted octanol–water partition coefficient (Wildman–Crippen LogP) is 3.81. The number of aryl methyl sites for hydroxylation is 1. The Morgan fingerprint density at radius 3 is 2.67 bits per heavy atom. The topological polar surface area (TPSA) is 54.5 Å². The van der Waals surface area contributed by atoms with Crippen LogP contribution in [-0.4, -0.2) is 35.6 Å². The van der Waals surface area contributed by atoms with Gasteiger partial charge in [-0.25, -0.2) is 9.78 Å². The van der Waals surface area contributed by atoms with Gasteiger partial charge in [0.2, 0.25) is 5.88 Å². The summed E-state index contributed by atoms with van der Waals surface area (Å²) in [5.74, 6) is 0.936. The van der Waals surface area contributed by atoms with Crippen molar-refractivity contribution in [2.24, 2.45) is 0 Å². The summed E-state index contributed by atoms with van der Waals surface area (Å²) in [5, 5.41) is 2.97. The quantitative estimate of drug-likeness (QED) is 0.933. The van der Waals surface area contributed by atoms with Crippen molar-refractivity contribution in [1.82, 2.24) is 9.88 Å². The summed E-state index contributed by atoms with van der Waals surface area (Å²) in [5.41, 5.74) is 2.76. The fourth-order valence-electron chi connectivity index (χ4n) is 3.25. The Balaban J connectivity index is 1.69. The van der Waals surface area contributed by atoms with Crippen LogP contribution in [0.25, 0.3) is 0 Å². The Morgan fingerprint density at radius 1 is 1.25 bits per heavy atom. The zero-order valence-corrected chi connectivity index (χ0v) is 14.3. The number of likely N-dealkylation sites (tertiary alicyclic amines) is 1.